The van der Waals surface area contributed by atoms with Gasteiger partial charge in [0, 0.05) is 26.8 Å². The van der Waals surface area contributed by atoms with Crippen LogP contribution in [0.5, 0.6) is 5.75 Å². The number of benzene rings is 2. The fourth-order valence-electron chi connectivity index (χ4n) is 2.35. The van der Waals surface area contributed by atoms with Crippen LogP contribution in [-0.2, 0) is 6.54 Å². The maximum absolute atomic E-state index is 6.09. The van der Waals surface area contributed by atoms with Gasteiger partial charge in [-0.05, 0) is 41.8 Å². The van der Waals surface area contributed by atoms with Crippen LogP contribution in [0.3, 0.4) is 0 Å². The van der Waals surface area contributed by atoms with Crippen molar-refractivity contribution in [2.24, 2.45) is 0 Å². The monoisotopic (exact) mass is 349 g/mol. The van der Waals surface area contributed by atoms with E-state index in [9.17, 15) is 0 Å². The highest BCUT2D eigenvalue weighted by atomic mass is 79.9. The molecule has 1 aromatic heterocycles. The second kappa shape index (κ2) is 5.51. The largest absolute Gasteiger partial charge is 0.496 e. The summed E-state index contributed by atoms with van der Waals surface area (Å²) >= 11 is 9.59. The fraction of sp³-hybridized carbons (Fsp3) is 0.125. The van der Waals surface area contributed by atoms with E-state index in [0.29, 0.717) is 0 Å². The van der Waals surface area contributed by atoms with Crippen LogP contribution >= 0.6 is 27.5 Å². The van der Waals surface area contributed by atoms with Gasteiger partial charge in [0.1, 0.15) is 5.75 Å². The minimum absolute atomic E-state index is 0.743. The van der Waals surface area contributed by atoms with Gasteiger partial charge in [-0.3, -0.25) is 0 Å². The smallest absolute Gasteiger partial charge is 0.123 e. The molecule has 0 radical (unpaired) electrons. The van der Waals surface area contributed by atoms with Crippen molar-refractivity contribution in [3.05, 3.63) is 63.7 Å². The third-order valence-corrected chi connectivity index (χ3v) is 4.05. The molecule has 0 aliphatic rings. The molecule has 0 bridgehead atoms. The summed E-state index contributed by atoms with van der Waals surface area (Å²) in [6, 6.07) is 14.1. The highest BCUT2D eigenvalue weighted by Crippen LogP contribution is 2.26. The van der Waals surface area contributed by atoms with Crippen LogP contribution in [-0.4, -0.2) is 11.7 Å². The van der Waals surface area contributed by atoms with Gasteiger partial charge in [0.25, 0.3) is 0 Å². The summed E-state index contributed by atoms with van der Waals surface area (Å²) in [6.07, 6.45) is 2.07. The first-order valence-electron chi connectivity index (χ1n) is 6.24. The molecule has 0 atom stereocenters. The highest BCUT2D eigenvalue weighted by molar-refractivity contribution is 9.10. The van der Waals surface area contributed by atoms with Crippen molar-refractivity contribution in [3.8, 4) is 5.75 Å². The molecule has 0 aliphatic heterocycles. The average molecular weight is 351 g/mol. The number of ether oxygens (including phenoxy) is 1. The number of fused-ring (bicyclic) bond motifs is 1. The van der Waals surface area contributed by atoms with Gasteiger partial charge < -0.3 is 9.30 Å². The number of halogens is 2. The zero-order valence-corrected chi connectivity index (χ0v) is 13.3. The zero-order valence-electron chi connectivity index (χ0n) is 10.9. The Labute approximate surface area is 131 Å². The number of hydrogen-bond donors (Lipinski definition) is 0. The van der Waals surface area contributed by atoms with Gasteiger partial charge in [-0.1, -0.05) is 33.6 Å². The quantitative estimate of drug-likeness (QED) is 0.640. The predicted octanol–water partition coefficient (Wildman–Crippen LogP) is 5.11. The van der Waals surface area contributed by atoms with E-state index in [1.807, 2.05) is 30.3 Å². The van der Waals surface area contributed by atoms with Gasteiger partial charge in [0.15, 0.2) is 0 Å². The summed E-state index contributed by atoms with van der Waals surface area (Å²) in [6.45, 7) is 0.743. The molecule has 0 saturated heterocycles. The van der Waals surface area contributed by atoms with Crippen LogP contribution in [0.2, 0.25) is 5.02 Å². The van der Waals surface area contributed by atoms with Crippen molar-refractivity contribution in [3.63, 3.8) is 0 Å². The predicted molar refractivity (Wildman–Crippen MR) is 86.7 cm³/mol. The minimum atomic E-state index is 0.743. The zero-order chi connectivity index (χ0) is 14.1. The van der Waals surface area contributed by atoms with Crippen LogP contribution in [0.15, 0.2) is 53.1 Å². The van der Waals surface area contributed by atoms with E-state index in [-0.39, 0.29) is 0 Å². The molecule has 0 amide bonds. The van der Waals surface area contributed by atoms with E-state index < -0.39 is 0 Å². The number of hydrogen-bond acceptors (Lipinski definition) is 1. The second-order valence-corrected chi connectivity index (χ2v) is 5.96. The van der Waals surface area contributed by atoms with E-state index in [2.05, 4.69) is 38.8 Å². The molecule has 0 unspecified atom stereocenters. The molecule has 2 nitrogen and oxygen atoms in total. The Morgan fingerprint density at radius 2 is 2.00 bits per heavy atom. The van der Waals surface area contributed by atoms with Gasteiger partial charge in [0.05, 0.1) is 13.7 Å². The fourth-order valence-corrected chi connectivity index (χ4v) is 2.92. The molecule has 0 N–H and O–H groups in total. The minimum Gasteiger partial charge on any atom is -0.496 e. The van der Waals surface area contributed by atoms with Crippen molar-refractivity contribution in [2.75, 3.05) is 7.11 Å². The Balaban J connectivity index is 2.05. The lowest BCUT2D eigenvalue weighted by Crippen LogP contribution is -2.00. The van der Waals surface area contributed by atoms with Crippen LogP contribution in [0.25, 0.3) is 10.9 Å². The Morgan fingerprint density at radius 3 is 2.80 bits per heavy atom. The van der Waals surface area contributed by atoms with Crippen molar-refractivity contribution in [1.82, 2.24) is 4.57 Å². The standard InChI is InChI=1S/C16H13BrClNO/c1-20-16-5-3-13(17)8-12(16)10-19-7-6-11-2-4-14(18)9-15(11)19/h2-9H,10H2,1H3. The van der Waals surface area contributed by atoms with Crippen LogP contribution in [0.4, 0.5) is 0 Å². The van der Waals surface area contributed by atoms with Crippen LogP contribution in [0, 0.1) is 0 Å². The molecule has 0 fully saturated rings. The molecule has 1 heterocycles. The summed E-state index contributed by atoms with van der Waals surface area (Å²) in [4.78, 5) is 0. The molecular weight excluding hydrogens is 338 g/mol. The number of methoxy groups -OCH3 is 1. The van der Waals surface area contributed by atoms with Crippen molar-refractivity contribution >= 4 is 38.4 Å². The van der Waals surface area contributed by atoms with Gasteiger partial charge in [-0.2, -0.15) is 0 Å². The maximum atomic E-state index is 6.09. The lowest BCUT2D eigenvalue weighted by atomic mass is 10.2. The van der Waals surface area contributed by atoms with E-state index >= 15 is 0 Å². The van der Waals surface area contributed by atoms with Crippen molar-refractivity contribution in [1.29, 1.82) is 0 Å². The number of rotatable bonds is 3. The molecule has 3 rings (SSSR count). The lowest BCUT2D eigenvalue weighted by molar-refractivity contribution is 0.408. The SMILES string of the molecule is COc1ccc(Br)cc1Cn1ccc2ccc(Cl)cc21. The number of aromatic nitrogens is 1. The Hall–Kier alpha value is -1.45. The van der Waals surface area contributed by atoms with E-state index in [1.165, 1.54) is 5.39 Å². The molecular formula is C16H13BrClNO. The molecule has 0 saturated carbocycles. The molecule has 0 spiro atoms. The second-order valence-electron chi connectivity index (χ2n) is 4.60. The first kappa shape index (κ1) is 13.5. The van der Waals surface area contributed by atoms with Crippen LogP contribution < -0.4 is 4.74 Å². The topological polar surface area (TPSA) is 14.2 Å². The van der Waals surface area contributed by atoms with Crippen LogP contribution in [0.1, 0.15) is 5.56 Å². The maximum Gasteiger partial charge on any atom is 0.123 e. The summed E-state index contributed by atoms with van der Waals surface area (Å²) in [5.74, 6) is 0.886. The first-order valence-corrected chi connectivity index (χ1v) is 7.41. The average Bonchev–Trinajstić information content (AvgIpc) is 2.82. The molecule has 4 heteroatoms. The molecule has 102 valence electrons. The van der Waals surface area contributed by atoms with Gasteiger partial charge >= 0.3 is 0 Å². The summed E-state index contributed by atoms with van der Waals surface area (Å²) in [5.41, 5.74) is 2.25. The molecule has 0 aliphatic carbocycles. The van der Waals surface area contributed by atoms with Gasteiger partial charge in [0.2, 0.25) is 0 Å². The number of nitrogens with zero attached hydrogens (tertiary/aromatic N) is 1. The van der Waals surface area contributed by atoms with Gasteiger partial charge in [-0.15, -0.1) is 0 Å². The molecule has 3 aromatic rings. The summed E-state index contributed by atoms with van der Waals surface area (Å²) in [7, 11) is 1.69. The third-order valence-electron chi connectivity index (χ3n) is 3.32. The van der Waals surface area contributed by atoms with Gasteiger partial charge in [-0.25, -0.2) is 0 Å². The van der Waals surface area contributed by atoms with Crippen molar-refractivity contribution in [2.45, 2.75) is 6.54 Å². The van der Waals surface area contributed by atoms with Crippen molar-refractivity contribution < 1.29 is 4.74 Å². The first-order chi connectivity index (χ1) is 9.67. The summed E-state index contributed by atoms with van der Waals surface area (Å²) in [5, 5.41) is 1.93. The Bertz CT molecular complexity index is 766. The Kier molecular flexibility index (Phi) is 3.72. The third kappa shape index (κ3) is 2.56. The van der Waals surface area contributed by atoms with E-state index in [0.717, 1.165) is 32.9 Å². The summed E-state index contributed by atoms with van der Waals surface area (Å²) < 4.78 is 8.64. The molecule has 20 heavy (non-hydrogen) atoms. The lowest BCUT2D eigenvalue weighted by Gasteiger charge is -2.11. The van der Waals surface area contributed by atoms with E-state index in [4.69, 9.17) is 16.3 Å². The highest BCUT2D eigenvalue weighted by Gasteiger charge is 2.07. The van der Waals surface area contributed by atoms with E-state index in [1.54, 1.807) is 7.11 Å². The Morgan fingerprint density at radius 1 is 1.15 bits per heavy atom. The normalized spacial score (nSPS) is 10.9. The molecule has 2 aromatic carbocycles.